The van der Waals surface area contributed by atoms with Gasteiger partial charge in [-0.05, 0) is 47.2 Å². The van der Waals surface area contributed by atoms with Crippen molar-refractivity contribution >= 4 is 23.6 Å². The molecule has 1 aliphatic heterocycles. The van der Waals surface area contributed by atoms with E-state index in [2.05, 4.69) is 17.6 Å². The number of fused-ring (bicyclic) bond motifs is 1. The maximum atomic E-state index is 13.1. The molecule has 170 valence electrons. The number of ether oxygens (including phenoxy) is 1. The molecule has 0 saturated carbocycles. The van der Waals surface area contributed by atoms with E-state index in [4.69, 9.17) is 4.74 Å². The Hall–Kier alpha value is -3.35. The van der Waals surface area contributed by atoms with Gasteiger partial charge in [0.25, 0.3) is 5.91 Å². The summed E-state index contributed by atoms with van der Waals surface area (Å²) in [6.07, 6.45) is 1.97. The SMILES string of the molecule is CCCCNC(=O)Nc1ccc(-c2ccc3c(c2)C(=O)N([C@H](C(=O)OC)C(C)C)C3)cc1. The monoisotopic (exact) mass is 437 g/mol. The van der Waals surface area contributed by atoms with Gasteiger partial charge in [-0.2, -0.15) is 0 Å². The zero-order valence-corrected chi connectivity index (χ0v) is 19.1. The minimum Gasteiger partial charge on any atom is -0.467 e. The van der Waals surface area contributed by atoms with Crippen LogP contribution in [0.1, 0.15) is 49.5 Å². The Morgan fingerprint density at radius 2 is 1.78 bits per heavy atom. The van der Waals surface area contributed by atoms with Crippen molar-refractivity contribution < 1.29 is 19.1 Å². The molecule has 2 aromatic carbocycles. The molecule has 0 bridgehead atoms. The molecule has 0 aromatic heterocycles. The first-order valence-electron chi connectivity index (χ1n) is 11.0. The van der Waals surface area contributed by atoms with Gasteiger partial charge in [0.2, 0.25) is 0 Å². The van der Waals surface area contributed by atoms with Crippen LogP contribution in [0.3, 0.4) is 0 Å². The van der Waals surface area contributed by atoms with Gasteiger partial charge in [-0.1, -0.05) is 51.5 Å². The number of nitrogens with one attached hydrogen (secondary N) is 2. The molecule has 1 aliphatic rings. The number of hydrogen-bond donors (Lipinski definition) is 2. The summed E-state index contributed by atoms with van der Waals surface area (Å²) in [5, 5.41) is 5.64. The molecule has 7 nitrogen and oxygen atoms in total. The Balaban J connectivity index is 1.74. The van der Waals surface area contributed by atoms with Crippen LogP contribution in [0.2, 0.25) is 0 Å². The van der Waals surface area contributed by atoms with Gasteiger partial charge in [0, 0.05) is 24.3 Å². The zero-order valence-electron chi connectivity index (χ0n) is 19.1. The van der Waals surface area contributed by atoms with Gasteiger partial charge < -0.3 is 20.3 Å². The Morgan fingerprint density at radius 3 is 2.41 bits per heavy atom. The van der Waals surface area contributed by atoms with Crippen LogP contribution in [-0.2, 0) is 16.1 Å². The molecular formula is C25H31N3O4. The fourth-order valence-electron chi connectivity index (χ4n) is 3.91. The lowest BCUT2D eigenvalue weighted by Crippen LogP contribution is -2.45. The van der Waals surface area contributed by atoms with Gasteiger partial charge >= 0.3 is 12.0 Å². The summed E-state index contributed by atoms with van der Waals surface area (Å²) in [7, 11) is 1.34. The van der Waals surface area contributed by atoms with E-state index >= 15 is 0 Å². The molecular weight excluding hydrogens is 406 g/mol. The molecule has 32 heavy (non-hydrogen) atoms. The Morgan fingerprint density at radius 1 is 1.09 bits per heavy atom. The molecule has 3 rings (SSSR count). The molecule has 0 spiro atoms. The van der Waals surface area contributed by atoms with Crippen LogP contribution in [0, 0.1) is 5.92 Å². The van der Waals surface area contributed by atoms with Gasteiger partial charge in [-0.25, -0.2) is 9.59 Å². The first kappa shape index (κ1) is 23.3. The molecule has 0 unspecified atom stereocenters. The third-order valence-electron chi connectivity index (χ3n) is 5.64. The van der Waals surface area contributed by atoms with Gasteiger partial charge in [0.15, 0.2) is 0 Å². The third-order valence-corrected chi connectivity index (χ3v) is 5.64. The standard InChI is InChI=1S/C25H31N3O4/c1-5-6-13-26-25(31)27-20-11-9-17(10-12-20)18-7-8-19-15-28(23(29)21(19)14-18)22(16(2)3)24(30)32-4/h7-12,14,16,22H,5-6,13,15H2,1-4H3,(H2,26,27,31)/t22-/m0/s1. The number of hydrogen-bond acceptors (Lipinski definition) is 4. The fraction of sp³-hybridized carbons (Fsp3) is 0.400. The maximum absolute atomic E-state index is 13.1. The van der Waals surface area contributed by atoms with Crippen LogP contribution < -0.4 is 10.6 Å². The number of nitrogens with zero attached hydrogens (tertiary/aromatic N) is 1. The number of anilines is 1. The van der Waals surface area contributed by atoms with Crippen LogP contribution >= 0.6 is 0 Å². The molecule has 3 amide bonds. The van der Waals surface area contributed by atoms with Crippen molar-refractivity contribution in [1.82, 2.24) is 10.2 Å². The second-order valence-electron chi connectivity index (χ2n) is 8.33. The van der Waals surface area contributed by atoms with Gasteiger partial charge in [0.1, 0.15) is 6.04 Å². The lowest BCUT2D eigenvalue weighted by molar-refractivity contribution is -0.147. The highest BCUT2D eigenvalue weighted by Crippen LogP contribution is 2.31. The number of rotatable bonds is 8. The minimum atomic E-state index is -0.614. The van der Waals surface area contributed by atoms with Crippen molar-refractivity contribution in [3.63, 3.8) is 0 Å². The summed E-state index contributed by atoms with van der Waals surface area (Å²) >= 11 is 0. The summed E-state index contributed by atoms with van der Waals surface area (Å²) < 4.78 is 4.93. The summed E-state index contributed by atoms with van der Waals surface area (Å²) in [5.41, 5.74) is 4.04. The van der Waals surface area contributed by atoms with Crippen molar-refractivity contribution in [3.8, 4) is 11.1 Å². The van der Waals surface area contributed by atoms with Gasteiger partial charge in [-0.15, -0.1) is 0 Å². The van der Waals surface area contributed by atoms with E-state index in [0.29, 0.717) is 24.3 Å². The van der Waals surface area contributed by atoms with Crippen LogP contribution in [0.5, 0.6) is 0 Å². The van der Waals surface area contributed by atoms with Crippen LogP contribution in [0.25, 0.3) is 11.1 Å². The number of unbranched alkanes of at least 4 members (excludes halogenated alkanes) is 1. The molecule has 0 fully saturated rings. The first-order valence-corrected chi connectivity index (χ1v) is 11.0. The zero-order chi connectivity index (χ0) is 23.3. The molecule has 0 radical (unpaired) electrons. The average molecular weight is 438 g/mol. The molecule has 1 atom stereocenters. The van der Waals surface area contributed by atoms with E-state index in [1.165, 1.54) is 7.11 Å². The third kappa shape index (κ3) is 5.10. The number of benzene rings is 2. The molecule has 7 heteroatoms. The number of carbonyl (C=O) groups excluding carboxylic acids is 3. The van der Waals surface area contributed by atoms with Gasteiger partial charge in [-0.3, -0.25) is 4.79 Å². The van der Waals surface area contributed by atoms with E-state index in [-0.39, 0.29) is 17.9 Å². The molecule has 0 aliphatic carbocycles. The lowest BCUT2D eigenvalue weighted by atomic mass is 10.00. The Labute approximate surface area is 189 Å². The van der Waals surface area contributed by atoms with Crippen LogP contribution in [0.15, 0.2) is 42.5 Å². The molecule has 0 saturated heterocycles. The van der Waals surface area contributed by atoms with E-state index in [9.17, 15) is 14.4 Å². The second-order valence-corrected chi connectivity index (χ2v) is 8.33. The largest absolute Gasteiger partial charge is 0.467 e. The van der Waals surface area contributed by atoms with Crippen molar-refractivity contribution in [1.29, 1.82) is 0 Å². The summed E-state index contributed by atoms with van der Waals surface area (Å²) in [6.45, 7) is 6.92. The van der Waals surface area contributed by atoms with E-state index in [1.54, 1.807) is 4.90 Å². The fourth-order valence-corrected chi connectivity index (χ4v) is 3.91. The highest BCUT2D eigenvalue weighted by Gasteiger charge is 2.38. The highest BCUT2D eigenvalue weighted by molar-refractivity contribution is 6.01. The quantitative estimate of drug-likeness (QED) is 0.472. The molecule has 1 heterocycles. The van der Waals surface area contributed by atoms with Crippen LogP contribution in [-0.4, -0.2) is 42.5 Å². The predicted octanol–water partition coefficient (Wildman–Crippen LogP) is 4.43. The van der Waals surface area contributed by atoms with Crippen molar-refractivity contribution in [2.45, 2.75) is 46.2 Å². The van der Waals surface area contributed by atoms with E-state index < -0.39 is 12.0 Å². The smallest absolute Gasteiger partial charge is 0.328 e. The Bertz CT molecular complexity index is 985. The highest BCUT2D eigenvalue weighted by atomic mass is 16.5. The maximum Gasteiger partial charge on any atom is 0.328 e. The second kappa shape index (κ2) is 10.3. The van der Waals surface area contributed by atoms with Crippen LogP contribution in [0.4, 0.5) is 10.5 Å². The van der Waals surface area contributed by atoms with E-state index in [1.807, 2.05) is 56.3 Å². The minimum absolute atomic E-state index is 0.0561. The predicted molar refractivity (Wildman–Crippen MR) is 124 cm³/mol. The van der Waals surface area contributed by atoms with Crippen molar-refractivity contribution in [3.05, 3.63) is 53.6 Å². The van der Waals surface area contributed by atoms with Gasteiger partial charge in [0.05, 0.1) is 7.11 Å². The summed E-state index contributed by atoms with van der Waals surface area (Å²) in [4.78, 5) is 38.9. The average Bonchev–Trinajstić information content (AvgIpc) is 3.09. The lowest BCUT2D eigenvalue weighted by Gasteiger charge is -2.28. The Kier molecular flexibility index (Phi) is 7.51. The van der Waals surface area contributed by atoms with E-state index in [0.717, 1.165) is 29.5 Å². The summed E-state index contributed by atoms with van der Waals surface area (Å²) in [6, 6.07) is 12.4. The number of urea groups is 1. The van der Waals surface area contributed by atoms with Crippen molar-refractivity contribution in [2.24, 2.45) is 5.92 Å². The topological polar surface area (TPSA) is 87.7 Å². The summed E-state index contributed by atoms with van der Waals surface area (Å²) in [5.74, 6) is -0.615. The molecule has 2 aromatic rings. The number of carbonyl (C=O) groups is 3. The number of methoxy groups -OCH3 is 1. The van der Waals surface area contributed by atoms with Crippen molar-refractivity contribution in [2.75, 3.05) is 19.0 Å². The number of amides is 3. The normalized spacial score (nSPS) is 13.7. The number of esters is 1. The molecule has 2 N–H and O–H groups in total. The first-order chi connectivity index (χ1) is 15.3.